The zero-order valence-electron chi connectivity index (χ0n) is 19.8. The normalized spacial score (nSPS) is 17.8. The Labute approximate surface area is 201 Å². The van der Waals surface area contributed by atoms with Crippen LogP contribution in [0, 0.1) is 0 Å². The van der Waals surface area contributed by atoms with Crippen LogP contribution in [0.15, 0.2) is 23.6 Å². The van der Waals surface area contributed by atoms with E-state index in [0.29, 0.717) is 17.8 Å². The average molecular weight is 473 g/mol. The molecular weight excluding hydrogens is 436 g/mol. The highest BCUT2D eigenvalue weighted by Gasteiger charge is 2.27. The van der Waals surface area contributed by atoms with Crippen LogP contribution < -0.4 is 10.1 Å². The standard InChI is InChI=1S/C25H36N4O3S/c1-3-5-6-19-7-8-23(32-4-2)21(17-19)22-18-33-24(26-22)27-25(30)29-13-11-28(12-14-29)20-9-15-31-16-10-20/h7-8,17-18,20H,3-6,9-16H2,1-2H3,(H,26,27,30). The summed E-state index contributed by atoms with van der Waals surface area (Å²) < 4.78 is 11.3. The molecule has 2 aliphatic heterocycles. The maximum Gasteiger partial charge on any atom is 0.323 e. The predicted octanol–water partition coefficient (Wildman–Crippen LogP) is 4.88. The van der Waals surface area contributed by atoms with Crippen molar-refractivity contribution in [2.75, 3.05) is 51.3 Å². The van der Waals surface area contributed by atoms with Gasteiger partial charge in [-0.15, -0.1) is 11.3 Å². The SMILES string of the molecule is CCCCc1ccc(OCC)c(-c2csc(NC(=O)N3CCN(C4CCOCC4)CC3)n2)c1. The van der Waals surface area contributed by atoms with Gasteiger partial charge in [-0.2, -0.15) is 0 Å². The monoisotopic (exact) mass is 472 g/mol. The highest BCUT2D eigenvalue weighted by molar-refractivity contribution is 7.14. The third-order valence-corrected chi connectivity index (χ3v) is 7.22. The molecule has 2 amide bonds. The molecule has 0 atom stereocenters. The number of thiazole rings is 1. The minimum atomic E-state index is -0.0655. The Kier molecular flexibility index (Phi) is 8.58. The average Bonchev–Trinajstić information content (AvgIpc) is 3.32. The third kappa shape index (κ3) is 6.25. The summed E-state index contributed by atoms with van der Waals surface area (Å²) in [6, 6.07) is 6.89. The number of ether oxygens (including phenoxy) is 2. The van der Waals surface area contributed by atoms with Crippen molar-refractivity contribution in [3.63, 3.8) is 0 Å². The van der Waals surface area contributed by atoms with Gasteiger partial charge in [0, 0.05) is 56.4 Å². The minimum Gasteiger partial charge on any atom is -0.493 e. The zero-order valence-corrected chi connectivity index (χ0v) is 20.7. The number of benzene rings is 1. The quantitative estimate of drug-likeness (QED) is 0.593. The zero-order chi connectivity index (χ0) is 23.0. The van der Waals surface area contributed by atoms with Gasteiger partial charge in [0.25, 0.3) is 0 Å². The highest BCUT2D eigenvalue weighted by atomic mass is 32.1. The second-order valence-electron chi connectivity index (χ2n) is 8.70. The lowest BCUT2D eigenvalue weighted by atomic mass is 10.0. The second kappa shape index (κ2) is 11.8. The van der Waals surface area contributed by atoms with Crippen LogP contribution in [-0.4, -0.2) is 72.9 Å². The van der Waals surface area contributed by atoms with Crippen LogP contribution in [0.5, 0.6) is 5.75 Å². The van der Waals surface area contributed by atoms with Crippen LogP contribution in [-0.2, 0) is 11.2 Å². The smallest absolute Gasteiger partial charge is 0.323 e. The lowest BCUT2D eigenvalue weighted by Crippen LogP contribution is -2.53. The van der Waals surface area contributed by atoms with Crippen LogP contribution in [0.2, 0.25) is 0 Å². The summed E-state index contributed by atoms with van der Waals surface area (Å²) >= 11 is 1.46. The van der Waals surface area contributed by atoms with Crippen molar-refractivity contribution < 1.29 is 14.3 Å². The molecule has 180 valence electrons. The fraction of sp³-hybridized carbons (Fsp3) is 0.600. The van der Waals surface area contributed by atoms with Gasteiger partial charge >= 0.3 is 6.03 Å². The van der Waals surface area contributed by atoms with E-state index in [0.717, 1.165) is 82.1 Å². The van der Waals surface area contributed by atoms with Crippen molar-refractivity contribution in [1.29, 1.82) is 0 Å². The summed E-state index contributed by atoms with van der Waals surface area (Å²) in [4.78, 5) is 22.0. The molecule has 0 saturated carbocycles. The lowest BCUT2D eigenvalue weighted by Gasteiger charge is -2.40. The van der Waals surface area contributed by atoms with Crippen molar-refractivity contribution >= 4 is 22.5 Å². The molecule has 1 aromatic carbocycles. The van der Waals surface area contributed by atoms with Gasteiger partial charge in [-0.1, -0.05) is 19.4 Å². The topological polar surface area (TPSA) is 66.9 Å². The number of rotatable bonds is 8. The molecule has 1 N–H and O–H groups in total. The van der Waals surface area contributed by atoms with Crippen LogP contribution in [0.3, 0.4) is 0 Å². The van der Waals surface area contributed by atoms with Crippen molar-refractivity contribution in [3.8, 4) is 17.0 Å². The van der Waals surface area contributed by atoms with Crippen LogP contribution >= 0.6 is 11.3 Å². The number of urea groups is 1. The first-order valence-electron chi connectivity index (χ1n) is 12.3. The first-order valence-corrected chi connectivity index (χ1v) is 13.1. The minimum absolute atomic E-state index is 0.0655. The Balaban J connectivity index is 1.37. The van der Waals surface area contributed by atoms with E-state index in [1.54, 1.807) is 0 Å². The number of unbranched alkanes of at least 4 members (excludes halogenated alkanes) is 1. The Hall–Kier alpha value is -2.16. The van der Waals surface area contributed by atoms with Crippen molar-refractivity contribution in [2.45, 2.75) is 52.0 Å². The molecule has 2 aromatic rings. The summed E-state index contributed by atoms with van der Waals surface area (Å²) in [7, 11) is 0. The van der Waals surface area contributed by atoms with Gasteiger partial charge in [0.2, 0.25) is 0 Å². The highest BCUT2D eigenvalue weighted by Crippen LogP contribution is 2.34. The van der Waals surface area contributed by atoms with Crippen molar-refractivity contribution in [1.82, 2.24) is 14.8 Å². The summed E-state index contributed by atoms with van der Waals surface area (Å²) in [5.41, 5.74) is 3.13. The first kappa shape index (κ1) is 24.0. The molecule has 0 spiro atoms. The number of hydrogen-bond acceptors (Lipinski definition) is 6. The lowest BCUT2D eigenvalue weighted by molar-refractivity contribution is 0.0194. The van der Waals surface area contributed by atoms with Crippen LogP contribution in [0.25, 0.3) is 11.3 Å². The summed E-state index contributed by atoms with van der Waals surface area (Å²) in [6.07, 6.45) is 5.56. The van der Waals surface area contributed by atoms with Gasteiger partial charge in [-0.25, -0.2) is 9.78 Å². The molecule has 33 heavy (non-hydrogen) atoms. The summed E-state index contributed by atoms with van der Waals surface area (Å²) in [5, 5.41) is 5.64. The molecule has 8 heteroatoms. The summed E-state index contributed by atoms with van der Waals surface area (Å²) in [5.74, 6) is 0.838. The largest absolute Gasteiger partial charge is 0.493 e. The number of carbonyl (C=O) groups is 1. The third-order valence-electron chi connectivity index (χ3n) is 6.47. The van der Waals surface area contributed by atoms with Gasteiger partial charge in [0.15, 0.2) is 5.13 Å². The van der Waals surface area contributed by atoms with Gasteiger partial charge in [0.05, 0.1) is 12.3 Å². The molecule has 0 unspecified atom stereocenters. The van der Waals surface area contributed by atoms with Crippen LogP contribution in [0.1, 0.15) is 45.1 Å². The molecule has 2 saturated heterocycles. The van der Waals surface area contributed by atoms with E-state index in [1.165, 1.54) is 23.3 Å². The fourth-order valence-electron chi connectivity index (χ4n) is 4.56. The van der Waals surface area contributed by atoms with E-state index >= 15 is 0 Å². The van der Waals surface area contributed by atoms with E-state index < -0.39 is 0 Å². The van der Waals surface area contributed by atoms with E-state index in [2.05, 4.69) is 29.3 Å². The maximum atomic E-state index is 12.9. The Morgan fingerprint density at radius 2 is 2.00 bits per heavy atom. The number of nitrogens with one attached hydrogen (secondary N) is 1. The number of hydrogen-bond donors (Lipinski definition) is 1. The molecule has 0 radical (unpaired) electrons. The van der Waals surface area contributed by atoms with E-state index in [9.17, 15) is 4.79 Å². The molecule has 2 fully saturated rings. The van der Waals surface area contributed by atoms with Gasteiger partial charge in [0.1, 0.15) is 5.75 Å². The van der Waals surface area contributed by atoms with Gasteiger partial charge in [-0.05, 0) is 50.3 Å². The van der Waals surface area contributed by atoms with Crippen molar-refractivity contribution in [3.05, 3.63) is 29.1 Å². The first-order chi connectivity index (χ1) is 16.2. The molecule has 7 nitrogen and oxygen atoms in total. The van der Waals surface area contributed by atoms with E-state index in [1.807, 2.05) is 23.3 Å². The van der Waals surface area contributed by atoms with Crippen LogP contribution in [0.4, 0.5) is 9.93 Å². The number of nitrogens with zero attached hydrogens (tertiary/aromatic N) is 3. The van der Waals surface area contributed by atoms with Gasteiger partial charge < -0.3 is 14.4 Å². The molecule has 4 rings (SSSR count). The number of amides is 2. The van der Waals surface area contributed by atoms with Crippen molar-refractivity contribution in [2.24, 2.45) is 0 Å². The molecule has 0 bridgehead atoms. The molecule has 1 aromatic heterocycles. The van der Waals surface area contributed by atoms with E-state index in [4.69, 9.17) is 14.5 Å². The fourth-order valence-corrected chi connectivity index (χ4v) is 5.26. The molecule has 2 aliphatic rings. The second-order valence-corrected chi connectivity index (χ2v) is 9.56. The molecule has 3 heterocycles. The molecule has 0 aliphatic carbocycles. The Morgan fingerprint density at radius 3 is 2.73 bits per heavy atom. The van der Waals surface area contributed by atoms with Gasteiger partial charge in [-0.3, -0.25) is 10.2 Å². The number of aromatic nitrogens is 1. The number of carbonyl (C=O) groups excluding carboxylic acids is 1. The number of aryl methyl sites for hydroxylation is 1. The molecular formula is C25H36N4O3S. The van der Waals surface area contributed by atoms with E-state index in [-0.39, 0.29) is 6.03 Å². The number of anilines is 1. The predicted molar refractivity (Wildman–Crippen MR) is 133 cm³/mol. The number of piperazine rings is 1. The maximum absolute atomic E-state index is 12.9. The Bertz CT molecular complexity index is 905. The summed E-state index contributed by atoms with van der Waals surface area (Å²) in [6.45, 7) is 9.83. The Morgan fingerprint density at radius 1 is 1.21 bits per heavy atom.